The summed E-state index contributed by atoms with van der Waals surface area (Å²) in [5, 5.41) is 7.37. The van der Waals surface area contributed by atoms with Gasteiger partial charge in [-0.05, 0) is 33.8 Å². The van der Waals surface area contributed by atoms with Crippen molar-refractivity contribution in [2.45, 2.75) is 52.2 Å². The minimum absolute atomic E-state index is 0.0288. The van der Waals surface area contributed by atoms with Crippen molar-refractivity contribution in [2.75, 3.05) is 26.2 Å². The average Bonchev–Trinajstić information content (AvgIpc) is 2.78. The molecule has 3 rings (SSSR count). The lowest BCUT2D eigenvalue weighted by atomic mass is 10.0. The van der Waals surface area contributed by atoms with Crippen LogP contribution in [0.15, 0.2) is 6.07 Å². The Labute approximate surface area is 143 Å². The minimum atomic E-state index is -0.348. The molecule has 0 saturated carbocycles. The Kier molecular flexibility index (Phi) is 4.62. The first-order chi connectivity index (χ1) is 11.4. The van der Waals surface area contributed by atoms with E-state index in [1.54, 1.807) is 0 Å². The molecule has 2 aliphatic rings. The summed E-state index contributed by atoms with van der Waals surface area (Å²) in [7, 11) is 0. The van der Waals surface area contributed by atoms with Gasteiger partial charge in [-0.25, -0.2) is 0 Å². The van der Waals surface area contributed by atoms with Crippen LogP contribution in [-0.2, 0) is 9.59 Å². The summed E-state index contributed by atoms with van der Waals surface area (Å²) in [6.45, 7) is 11.0. The second kappa shape index (κ2) is 6.55. The third-order valence-electron chi connectivity index (χ3n) is 5.01. The Morgan fingerprint density at radius 1 is 1.38 bits per heavy atom. The molecule has 7 heteroatoms. The summed E-state index contributed by atoms with van der Waals surface area (Å²) >= 11 is 0. The number of aromatic nitrogens is 2. The van der Waals surface area contributed by atoms with Gasteiger partial charge in [0.1, 0.15) is 0 Å². The molecule has 0 spiro atoms. The minimum Gasteiger partial charge on any atom is -0.353 e. The van der Waals surface area contributed by atoms with Crippen molar-refractivity contribution in [3.63, 3.8) is 0 Å². The summed E-state index contributed by atoms with van der Waals surface area (Å²) in [6.07, 6.45) is 0.258. The van der Waals surface area contributed by atoms with E-state index in [4.69, 9.17) is 0 Å². The van der Waals surface area contributed by atoms with Crippen molar-refractivity contribution in [3.05, 3.63) is 17.5 Å². The van der Waals surface area contributed by atoms with Gasteiger partial charge in [0.2, 0.25) is 11.8 Å². The zero-order valence-electron chi connectivity index (χ0n) is 15.0. The fraction of sp³-hybridized carbons (Fsp3) is 0.706. The maximum atomic E-state index is 12.6. The Morgan fingerprint density at radius 2 is 2.08 bits per heavy atom. The van der Waals surface area contributed by atoms with Crippen LogP contribution in [0.4, 0.5) is 0 Å². The number of nitrogens with zero attached hydrogens (tertiary/aromatic N) is 4. The van der Waals surface area contributed by atoms with Gasteiger partial charge >= 0.3 is 0 Å². The zero-order valence-corrected chi connectivity index (χ0v) is 15.0. The van der Waals surface area contributed by atoms with Crippen LogP contribution >= 0.6 is 0 Å². The number of hydrogen-bond acceptors (Lipinski definition) is 4. The number of likely N-dealkylation sites (tertiary alicyclic amines) is 1. The van der Waals surface area contributed by atoms with E-state index in [0.717, 1.165) is 17.9 Å². The molecule has 2 amide bonds. The second-order valence-corrected chi connectivity index (χ2v) is 7.17. The fourth-order valence-corrected chi connectivity index (χ4v) is 3.68. The molecule has 0 unspecified atom stereocenters. The Morgan fingerprint density at radius 3 is 2.67 bits per heavy atom. The van der Waals surface area contributed by atoms with Crippen LogP contribution in [0.25, 0.3) is 0 Å². The molecule has 3 heterocycles. The predicted molar refractivity (Wildman–Crippen MR) is 90.6 cm³/mol. The lowest BCUT2D eigenvalue weighted by Crippen LogP contribution is -2.60. The fourth-order valence-electron chi connectivity index (χ4n) is 3.68. The number of rotatable bonds is 4. The average molecular weight is 333 g/mol. The van der Waals surface area contributed by atoms with Gasteiger partial charge in [0, 0.05) is 37.9 Å². The molecule has 1 atom stereocenters. The van der Waals surface area contributed by atoms with Gasteiger partial charge in [-0.3, -0.25) is 19.2 Å². The van der Waals surface area contributed by atoms with Crippen molar-refractivity contribution in [1.82, 2.24) is 24.9 Å². The van der Waals surface area contributed by atoms with E-state index in [1.165, 1.54) is 0 Å². The first-order valence-corrected chi connectivity index (χ1v) is 8.70. The van der Waals surface area contributed by atoms with Crippen molar-refractivity contribution in [1.29, 1.82) is 0 Å². The van der Waals surface area contributed by atoms with E-state index in [1.807, 2.05) is 23.4 Å². The molecule has 2 aliphatic heterocycles. The molecule has 24 heavy (non-hydrogen) atoms. The van der Waals surface area contributed by atoms with E-state index in [2.05, 4.69) is 35.2 Å². The predicted octanol–water partition coefficient (Wildman–Crippen LogP) is 0.482. The monoisotopic (exact) mass is 333 g/mol. The van der Waals surface area contributed by atoms with Crippen molar-refractivity contribution >= 4 is 11.8 Å². The number of carbonyl (C=O) groups excluding carboxylic acids is 2. The molecule has 0 radical (unpaired) electrons. The molecular formula is C17H27N5O2. The van der Waals surface area contributed by atoms with Crippen LogP contribution in [0.5, 0.6) is 0 Å². The summed E-state index contributed by atoms with van der Waals surface area (Å²) in [5.41, 5.74) is 2.13. The maximum Gasteiger partial charge on any atom is 0.237 e. The van der Waals surface area contributed by atoms with Gasteiger partial charge in [-0.1, -0.05) is 0 Å². The normalized spacial score (nSPS) is 22.6. The Balaban J connectivity index is 1.58. The molecule has 0 bridgehead atoms. The first-order valence-electron chi connectivity index (χ1n) is 8.70. The van der Waals surface area contributed by atoms with Crippen LogP contribution in [-0.4, -0.2) is 69.7 Å². The van der Waals surface area contributed by atoms with Gasteiger partial charge in [-0.2, -0.15) is 5.10 Å². The standard InChI is InChI=1S/C17H27N5O2/c1-11(2)21-6-5-18-17(24)15(21)8-16(23)20-9-14(10-20)22-13(4)7-12(3)19-22/h7,11,14-15H,5-6,8-10H2,1-4H3,(H,18,24)/t15-/m1/s1. The lowest BCUT2D eigenvalue weighted by molar-refractivity contribution is -0.143. The summed E-state index contributed by atoms with van der Waals surface area (Å²) in [5.74, 6) is 0.0272. The highest BCUT2D eigenvalue weighted by Gasteiger charge is 2.38. The van der Waals surface area contributed by atoms with E-state index in [-0.39, 0.29) is 36.4 Å². The molecule has 2 saturated heterocycles. The van der Waals surface area contributed by atoms with Crippen molar-refractivity contribution < 1.29 is 9.59 Å². The first kappa shape index (κ1) is 17.0. The summed E-state index contributed by atoms with van der Waals surface area (Å²) < 4.78 is 2.01. The van der Waals surface area contributed by atoms with Crippen LogP contribution in [0.2, 0.25) is 0 Å². The smallest absolute Gasteiger partial charge is 0.237 e. The van der Waals surface area contributed by atoms with E-state index < -0.39 is 0 Å². The number of carbonyl (C=O) groups is 2. The largest absolute Gasteiger partial charge is 0.353 e. The number of amides is 2. The number of nitrogens with one attached hydrogen (secondary N) is 1. The highest BCUT2D eigenvalue weighted by Crippen LogP contribution is 2.24. The quantitative estimate of drug-likeness (QED) is 0.870. The highest BCUT2D eigenvalue weighted by molar-refractivity contribution is 5.89. The van der Waals surface area contributed by atoms with Gasteiger partial charge in [0.15, 0.2) is 0 Å². The summed E-state index contributed by atoms with van der Waals surface area (Å²) in [6, 6.07) is 2.22. The van der Waals surface area contributed by atoms with Gasteiger partial charge in [0.25, 0.3) is 0 Å². The highest BCUT2D eigenvalue weighted by atomic mass is 16.2. The molecule has 1 N–H and O–H groups in total. The topological polar surface area (TPSA) is 70.5 Å². The molecule has 0 aromatic carbocycles. The van der Waals surface area contributed by atoms with Crippen LogP contribution < -0.4 is 5.32 Å². The maximum absolute atomic E-state index is 12.6. The number of piperazine rings is 1. The van der Waals surface area contributed by atoms with Gasteiger partial charge in [0.05, 0.1) is 24.2 Å². The van der Waals surface area contributed by atoms with Gasteiger partial charge < -0.3 is 10.2 Å². The molecule has 1 aromatic heterocycles. The Bertz CT molecular complexity index is 633. The number of hydrogen-bond donors (Lipinski definition) is 1. The molecule has 2 fully saturated rings. The molecule has 132 valence electrons. The van der Waals surface area contributed by atoms with Crippen LogP contribution in [0.1, 0.15) is 37.7 Å². The van der Waals surface area contributed by atoms with Crippen LogP contribution in [0, 0.1) is 13.8 Å². The SMILES string of the molecule is Cc1cc(C)n(C2CN(C(=O)C[C@@H]3C(=O)NCCN3C(C)C)C2)n1. The van der Waals surface area contributed by atoms with E-state index >= 15 is 0 Å². The number of aryl methyl sites for hydroxylation is 2. The summed E-state index contributed by atoms with van der Waals surface area (Å²) in [4.78, 5) is 28.7. The molecule has 1 aromatic rings. The van der Waals surface area contributed by atoms with E-state index in [0.29, 0.717) is 19.6 Å². The van der Waals surface area contributed by atoms with Crippen LogP contribution in [0.3, 0.4) is 0 Å². The third-order valence-corrected chi connectivity index (χ3v) is 5.01. The third kappa shape index (κ3) is 3.17. The van der Waals surface area contributed by atoms with Crippen molar-refractivity contribution in [2.24, 2.45) is 0 Å². The van der Waals surface area contributed by atoms with E-state index in [9.17, 15) is 9.59 Å². The van der Waals surface area contributed by atoms with Crippen molar-refractivity contribution in [3.8, 4) is 0 Å². The second-order valence-electron chi connectivity index (χ2n) is 7.17. The van der Waals surface area contributed by atoms with Gasteiger partial charge in [-0.15, -0.1) is 0 Å². The molecular weight excluding hydrogens is 306 g/mol. The zero-order chi connectivity index (χ0) is 17.4. The molecule has 7 nitrogen and oxygen atoms in total. The Hall–Kier alpha value is -1.89. The lowest BCUT2D eigenvalue weighted by Gasteiger charge is -2.42. The molecule has 0 aliphatic carbocycles.